The van der Waals surface area contributed by atoms with E-state index in [-0.39, 0.29) is 84.8 Å². The molecule has 0 bridgehead atoms. The first-order valence-electron chi connectivity index (χ1n) is 9.18. The van der Waals surface area contributed by atoms with Crippen LogP contribution in [0.3, 0.4) is 0 Å². The Bertz CT molecular complexity index is 1180. The van der Waals surface area contributed by atoms with Crippen LogP contribution in [0, 0.1) is 0 Å². The van der Waals surface area contributed by atoms with E-state index in [2.05, 4.69) is 0 Å². The van der Waals surface area contributed by atoms with E-state index in [1.165, 1.54) is 36.6 Å². The summed E-state index contributed by atoms with van der Waals surface area (Å²) < 4.78 is 16.0. The number of aliphatic hydroxyl groups excluding tert-OH is 3. The summed E-state index contributed by atoms with van der Waals surface area (Å²) in [6.45, 7) is 0. The summed E-state index contributed by atoms with van der Waals surface area (Å²) in [6, 6.07) is 10.1. The molecule has 5 unspecified atom stereocenters. The second-order valence-electron chi connectivity index (χ2n) is 7.02. The van der Waals surface area contributed by atoms with Gasteiger partial charge in [-0.1, -0.05) is 12.1 Å². The van der Waals surface area contributed by atoms with Crippen LogP contribution in [0.2, 0.25) is 0 Å². The zero-order chi connectivity index (χ0) is 22.3. The molecule has 0 saturated carbocycles. The summed E-state index contributed by atoms with van der Waals surface area (Å²) >= 11 is 0. The Morgan fingerprint density at radius 2 is 1.69 bits per heavy atom. The first-order valence-corrected chi connectivity index (χ1v) is 9.18. The number of phenolic OH excluding ortho intramolecular Hbond substituents is 1. The van der Waals surface area contributed by atoms with Crippen LogP contribution in [0.1, 0.15) is 0 Å². The SMILES string of the molecule is O=C([O-])C1OC(Oc2ccc3c(=O)c(-c4ccc(O)cc4)coc3c2)C(O)C(O)C1O.[K+]. The number of ether oxygens (including phenoxy) is 2. The second-order valence-corrected chi connectivity index (χ2v) is 7.02. The smallest absolute Gasteiger partial charge is 0.547 e. The van der Waals surface area contributed by atoms with Crippen LogP contribution in [0.4, 0.5) is 0 Å². The Kier molecular flexibility index (Phi) is 7.75. The molecule has 5 atom stereocenters. The molecular formula is C21H17KO10. The van der Waals surface area contributed by atoms with Crippen molar-refractivity contribution in [2.24, 2.45) is 0 Å². The van der Waals surface area contributed by atoms with Gasteiger partial charge in [0.25, 0.3) is 0 Å². The quantitative estimate of drug-likeness (QED) is 0.278. The number of carboxylic acid groups (broad SMARTS) is 1. The molecule has 10 nitrogen and oxygen atoms in total. The minimum Gasteiger partial charge on any atom is -0.547 e. The Hall–Kier alpha value is -1.80. The standard InChI is InChI=1S/C21H18O10.K/c22-10-3-1-9(2-4-10)13-8-29-14-7-11(5-6-12(14)15(13)23)30-21-18(26)16(24)17(25)19(31-21)20(27)28;/h1-8,16-19,21-22,24-26H,(H,27,28);/q;+1/p-1. The number of benzene rings is 2. The molecule has 32 heavy (non-hydrogen) atoms. The Morgan fingerprint density at radius 1 is 1.00 bits per heavy atom. The number of hydrogen-bond donors (Lipinski definition) is 4. The van der Waals surface area contributed by atoms with E-state index in [9.17, 15) is 35.1 Å². The van der Waals surface area contributed by atoms with Crippen LogP contribution in [0.25, 0.3) is 22.1 Å². The number of aliphatic carboxylic acids is 1. The van der Waals surface area contributed by atoms with E-state index in [4.69, 9.17) is 13.9 Å². The first-order chi connectivity index (χ1) is 14.8. The fraction of sp³-hybridized carbons (Fsp3) is 0.238. The molecule has 162 valence electrons. The van der Waals surface area contributed by atoms with Crippen molar-refractivity contribution >= 4 is 16.9 Å². The average molecular weight is 468 g/mol. The van der Waals surface area contributed by atoms with E-state index >= 15 is 0 Å². The Balaban J connectivity index is 0.00000289. The maximum Gasteiger partial charge on any atom is 1.00 e. The van der Waals surface area contributed by atoms with E-state index in [1.54, 1.807) is 12.1 Å². The van der Waals surface area contributed by atoms with Crippen molar-refractivity contribution in [2.75, 3.05) is 0 Å². The molecule has 4 N–H and O–H groups in total. The first kappa shape index (κ1) is 24.8. The molecule has 0 amide bonds. The molecule has 1 fully saturated rings. The van der Waals surface area contributed by atoms with Crippen LogP contribution >= 0.6 is 0 Å². The summed E-state index contributed by atoms with van der Waals surface area (Å²) in [6.07, 6.45) is -7.76. The molecule has 2 aromatic carbocycles. The van der Waals surface area contributed by atoms with Crippen LogP contribution in [-0.4, -0.2) is 57.1 Å². The largest absolute Gasteiger partial charge is 1.00 e. The number of carbonyl (C=O) groups is 1. The average Bonchev–Trinajstić information content (AvgIpc) is 2.75. The topological polar surface area (TPSA) is 170 Å². The summed E-state index contributed by atoms with van der Waals surface area (Å²) in [7, 11) is 0. The Labute approximate surface area is 223 Å². The van der Waals surface area contributed by atoms with Crippen LogP contribution in [-0.2, 0) is 9.53 Å². The van der Waals surface area contributed by atoms with E-state index in [0.29, 0.717) is 5.56 Å². The van der Waals surface area contributed by atoms with Gasteiger partial charge in [-0.25, -0.2) is 0 Å². The normalized spacial score (nSPS) is 25.2. The van der Waals surface area contributed by atoms with Crippen molar-refractivity contribution in [3.63, 3.8) is 0 Å². The zero-order valence-electron chi connectivity index (χ0n) is 16.7. The van der Waals surface area contributed by atoms with Crippen LogP contribution in [0.15, 0.2) is 57.9 Å². The van der Waals surface area contributed by atoms with Crippen molar-refractivity contribution in [1.82, 2.24) is 0 Å². The van der Waals surface area contributed by atoms with Gasteiger partial charge in [-0.2, -0.15) is 0 Å². The second kappa shape index (κ2) is 9.99. The molecule has 1 aromatic heterocycles. The van der Waals surface area contributed by atoms with Gasteiger partial charge in [0.15, 0.2) is 5.43 Å². The minimum absolute atomic E-state index is 0. The van der Waals surface area contributed by atoms with Gasteiger partial charge in [-0.05, 0) is 29.8 Å². The predicted molar refractivity (Wildman–Crippen MR) is 102 cm³/mol. The maximum atomic E-state index is 12.8. The third kappa shape index (κ3) is 4.76. The molecule has 0 radical (unpaired) electrons. The molecule has 0 spiro atoms. The molecule has 0 aliphatic carbocycles. The van der Waals surface area contributed by atoms with Gasteiger partial charge < -0.3 is 44.2 Å². The number of hydrogen-bond acceptors (Lipinski definition) is 10. The minimum atomic E-state index is -1.91. The fourth-order valence-corrected chi connectivity index (χ4v) is 3.30. The van der Waals surface area contributed by atoms with E-state index in [0.717, 1.165) is 0 Å². The Morgan fingerprint density at radius 3 is 2.34 bits per heavy atom. The molecule has 1 aliphatic heterocycles. The van der Waals surface area contributed by atoms with Gasteiger partial charge in [-0.3, -0.25) is 4.79 Å². The molecule has 11 heteroatoms. The zero-order valence-corrected chi connectivity index (χ0v) is 19.9. The van der Waals surface area contributed by atoms with Gasteiger partial charge >= 0.3 is 51.4 Å². The van der Waals surface area contributed by atoms with Crippen molar-refractivity contribution in [3.8, 4) is 22.6 Å². The number of aromatic hydroxyl groups is 1. The monoisotopic (exact) mass is 468 g/mol. The maximum absolute atomic E-state index is 12.8. The van der Waals surface area contributed by atoms with Crippen molar-refractivity contribution in [1.29, 1.82) is 0 Å². The summed E-state index contributed by atoms with van der Waals surface area (Å²) in [5.41, 5.74) is 0.643. The molecular weight excluding hydrogens is 451 g/mol. The number of carboxylic acids is 1. The van der Waals surface area contributed by atoms with Gasteiger partial charge in [0.05, 0.1) is 16.9 Å². The summed E-state index contributed by atoms with van der Waals surface area (Å²) in [5, 5.41) is 50.3. The summed E-state index contributed by atoms with van der Waals surface area (Å²) in [5.74, 6) is -1.67. The number of fused-ring (bicyclic) bond motifs is 1. The number of phenols is 1. The third-order valence-corrected chi connectivity index (χ3v) is 4.98. The molecule has 1 aliphatic rings. The molecule has 4 rings (SSSR count). The van der Waals surface area contributed by atoms with Gasteiger partial charge in [0.2, 0.25) is 6.29 Å². The van der Waals surface area contributed by atoms with Gasteiger partial charge in [0.1, 0.15) is 47.8 Å². The molecule has 3 aromatic rings. The number of aliphatic hydroxyl groups is 3. The van der Waals surface area contributed by atoms with Crippen LogP contribution in [0.5, 0.6) is 11.5 Å². The van der Waals surface area contributed by atoms with Gasteiger partial charge in [-0.15, -0.1) is 0 Å². The molecule has 2 heterocycles. The molecule has 1 saturated heterocycles. The van der Waals surface area contributed by atoms with Crippen molar-refractivity contribution < 1.29 is 95.6 Å². The fourth-order valence-electron chi connectivity index (χ4n) is 3.30. The van der Waals surface area contributed by atoms with Crippen molar-refractivity contribution in [3.05, 3.63) is 59.0 Å². The third-order valence-electron chi connectivity index (χ3n) is 4.98. The van der Waals surface area contributed by atoms with Crippen molar-refractivity contribution in [2.45, 2.75) is 30.7 Å². The van der Waals surface area contributed by atoms with Gasteiger partial charge in [0, 0.05) is 6.07 Å². The number of carbonyl (C=O) groups excluding carboxylic acids is 1. The van der Waals surface area contributed by atoms with E-state index in [1.807, 2.05) is 0 Å². The summed E-state index contributed by atoms with van der Waals surface area (Å²) in [4.78, 5) is 23.9. The van der Waals surface area contributed by atoms with E-state index < -0.39 is 36.7 Å². The predicted octanol–water partition coefficient (Wildman–Crippen LogP) is -3.89. The number of rotatable bonds is 4. The van der Waals surface area contributed by atoms with Crippen LogP contribution < -0.4 is 66.7 Å².